The third kappa shape index (κ3) is 7.90. The normalized spacial score (nSPS) is 15.0. The van der Waals surface area contributed by atoms with E-state index in [2.05, 4.69) is 10.2 Å². The first-order valence-corrected chi connectivity index (χ1v) is 21.9. The monoisotopic (exact) mass is 912 g/mol. The van der Waals surface area contributed by atoms with Gasteiger partial charge in [-0.25, -0.2) is 24.2 Å². The lowest BCUT2D eigenvalue weighted by Gasteiger charge is -2.31. The van der Waals surface area contributed by atoms with E-state index in [1.54, 1.807) is 59.8 Å². The van der Waals surface area contributed by atoms with Crippen LogP contribution in [-0.2, 0) is 46.5 Å². The first kappa shape index (κ1) is 46.0. The quantitative estimate of drug-likeness (QED) is 0.0984. The number of nitrogens with zero attached hydrogens (tertiary/aromatic N) is 7. The molecule has 4 aromatic heterocycles. The van der Waals surface area contributed by atoms with Crippen molar-refractivity contribution >= 4 is 40.2 Å². The lowest BCUT2D eigenvalue weighted by Crippen LogP contribution is -2.44. The highest BCUT2D eigenvalue weighted by Gasteiger charge is 2.45. The Morgan fingerprint density at radius 2 is 1.75 bits per heavy atom. The van der Waals surface area contributed by atoms with Gasteiger partial charge in [0.25, 0.3) is 17.9 Å². The molecule has 1 unspecified atom stereocenters. The van der Waals surface area contributed by atoms with Gasteiger partial charge < -0.3 is 43.7 Å². The Bertz CT molecular complexity index is 3270. The van der Waals surface area contributed by atoms with Crippen LogP contribution in [0.15, 0.2) is 70.3 Å². The third-order valence-electron chi connectivity index (χ3n) is 12.7. The van der Waals surface area contributed by atoms with Crippen LogP contribution in [0.3, 0.4) is 0 Å². The molecule has 0 spiro atoms. The highest BCUT2D eigenvalue weighted by atomic mass is 16.6. The number of ether oxygens (including phenoxy) is 2. The number of phenolic OH excluding ortho intramolecular Hbond substituents is 2. The van der Waals surface area contributed by atoms with Gasteiger partial charge in [0.1, 0.15) is 29.5 Å². The van der Waals surface area contributed by atoms with Crippen molar-refractivity contribution in [3.8, 4) is 45.7 Å². The minimum absolute atomic E-state index is 0.00375. The van der Waals surface area contributed by atoms with Gasteiger partial charge in [-0.1, -0.05) is 27.7 Å². The number of esters is 1. The molecule has 0 aliphatic carbocycles. The number of aryl methyl sites for hydroxylation is 2. The fourth-order valence-electron chi connectivity index (χ4n) is 8.95. The van der Waals surface area contributed by atoms with Gasteiger partial charge in [-0.15, -0.1) is 0 Å². The number of H-pyrrole nitrogens is 1. The lowest BCUT2D eigenvalue weighted by atomic mass is 9.86. The smallest absolute Gasteiger partial charge is 0.348 e. The number of carbonyl (C=O) groups excluding carboxylic acids is 3. The molecular weight excluding hydrogens is 861 g/mol. The maximum absolute atomic E-state index is 13.3. The molecular formula is C49H52N8O10. The lowest BCUT2D eigenvalue weighted by molar-refractivity contribution is -0.172. The number of hydrogen-bond acceptors (Lipinski definition) is 13. The Labute approximate surface area is 384 Å². The molecule has 6 heterocycles. The molecule has 1 atom stereocenters. The molecule has 1 amide bonds. The Hall–Kier alpha value is -7.57. The minimum atomic E-state index is -1.85. The molecule has 0 saturated carbocycles. The van der Waals surface area contributed by atoms with E-state index < -0.39 is 17.3 Å². The van der Waals surface area contributed by atoms with Crippen molar-refractivity contribution in [1.82, 2.24) is 38.7 Å². The van der Waals surface area contributed by atoms with Gasteiger partial charge in [0.2, 0.25) is 0 Å². The molecule has 7 aromatic rings. The second kappa shape index (κ2) is 17.7. The van der Waals surface area contributed by atoms with E-state index in [-0.39, 0.29) is 47.7 Å². The van der Waals surface area contributed by atoms with Crippen molar-refractivity contribution in [3.05, 3.63) is 115 Å². The summed E-state index contributed by atoms with van der Waals surface area (Å²) in [5.74, 6) is -0.404. The van der Waals surface area contributed by atoms with Crippen molar-refractivity contribution in [2.24, 2.45) is 7.05 Å². The van der Waals surface area contributed by atoms with Gasteiger partial charge in [0.05, 0.1) is 40.3 Å². The fraction of sp³-hybridized carbons (Fsp3) is 0.327. The van der Waals surface area contributed by atoms with E-state index in [4.69, 9.17) is 14.5 Å². The van der Waals surface area contributed by atoms with Crippen molar-refractivity contribution in [1.29, 1.82) is 0 Å². The number of fused-ring (bicyclic) bond motifs is 6. The summed E-state index contributed by atoms with van der Waals surface area (Å²) in [5, 5.41) is 40.0. The number of aromatic amines is 1. The Morgan fingerprint density at radius 3 is 2.43 bits per heavy atom. The number of aliphatic hydroxyl groups is 1. The van der Waals surface area contributed by atoms with Gasteiger partial charge in [0.15, 0.2) is 11.4 Å². The standard InChI is InChI=1S/C26H32N6O4.C23H20N2O6/c1-15(2)18-13-19(23(34)14-22(18)33)24-27-28-26(36)32(24)17-7-8-20-16(11-17)12-21(31(20)6)25(35)30(5)10-9-29(3)4;1-3-13-14-7-12(31-11-26)5-6-18(14)24-20-15(13)9-25-19(20)8-17-16(21(25)27)10-30-22(28)23(17,29)4-2/h7-8,11-15,33-34H,9-10H2,1-6H3,(H,28,36);5-8,11,29H,3-4,9-10H2,1-2H3. The summed E-state index contributed by atoms with van der Waals surface area (Å²) in [6.07, 6.45) is 0.786. The number of amides is 1. The molecule has 4 N–H and O–H groups in total. The van der Waals surface area contributed by atoms with Crippen molar-refractivity contribution in [3.63, 3.8) is 0 Å². The maximum Gasteiger partial charge on any atom is 0.348 e. The second-order valence-corrected chi connectivity index (χ2v) is 17.4. The van der Waals surface area contributed by atoms with Gasteiger partial charge in [-0.3, -0.25) is 14.4 Å². The van der Waals surface area contributed by atoms with E-state index in [9.17, 15) is 39.3 Å². The molecule has 348 valence electrons. The summed E-state index contributed by atoms with van der Waals surface area (Å²) in [6.45, 7) is 9.45. The number of phenols is 2. The Morgan fingerprint density at radius 1 is 0.985 bits per heavy atom. The SMILES string of the molecule is CC(C)c1cc(-c2n[nH]c(=O)n2-c2ccc3c(c2)cc(C(=O)N(C)CCN(C)C)n3C)c(O)cc1O.CCc1c2c(nc3ccc(OC=O)cc13)-c1cc3c(c(=O)n1C2)COC(=O)C3(O)CC. The molecule has 0 bridgehead atoms. The summed E-state index contributed by atoms with van der Waals surface area (Å²) in [7, 11) is 7.54. The van der Waals surface area contributed by atoms with Gasteiger partial charge in [-0.2, -0.15) is 5.10 Å². The minimum Gasteiger partial charge on any atom is -0.508 e. The predicted octanol–water partition coefficient (Wildman–Crippen LogP) is 5.06. The molecule has 2 aliphatic heterocycles. The van der Waals surface area contributed by atoms with Gasteiger partial charge in [-0.05, 0) is 98.6 Å². The predicted molar refractivity (Wildman–Crippen MR) is 250 cm³/mol. The van der Waals surface area contributed by atoms with Gasteiger partial charge in [0, 0.05) is 60.7 Å². The molecule has 67 heavy (non-hydrogen) atoms. The largest absolute Gasteiger partial charge is 0.508 e. The molecule has 18 nitrogen and oxygen atoms in total. The second-order valence-electron chi connectivity index (χ2n) is 17.4. The molecule has 3 aromatic carbocycles. The zero-order chi connectivity index (χ0) is 48.2. The van der Waals surface area contributed by atoms with Crippen LogP contribution in [0.1, 0.15) is 78.3 Å². The molecule has 0 radical (unpaired) electrons. The highest BCUT2D eigenvalue weighted by molar-refractivity contribution is 5.99. The maximum atomic E-state index is 13.3. The zero-order valence-electron chi connectivity index (χ0n) is 38.5. The highest BCUT2D eigenvalue weighted by Crippen LogP contribution is 2.41. The van der Waals surface area contributed by atoms with Crippen LogP contribution in [0.25, 0.3) is 50.3 Å². The number of aromatic nitrogens is 6. The first-order valence-electron chi connectivity index (χ1n) is 21.9. The van der Waals surface area contributed by atoms with E-state index >= 15 is 0 Å². The van der Waals surface area contributed by atoms with Crippen LogP contribution < -0.4 is 16.0 Å². The number of cyclic esters (lactones) is 1. The fourth-order valence-corrected chi connectivity index (χ4v) is 8.95. The summed E-state index contributed by atoms with van der Waals surface area (Å²) in [5.41, 5.74) is 4.70. The van der Waals surface area contributed by atoms with E-state index in [0.717, 1.165) is 34.0 Å². The van der Waals surface area contributed by atoms with E-state index in [1.165, 1.54) is 10.6 Å². The Kier molecular flexibility index (Phi) is 12.1. The average molecular weight is 913 g/mol. The molecule has 0 fully saturated rings. The third-order valence-corrected chi connectivity index (χ3v) is 12.7. The number of nitrogens with one attached hydrogen (secondary N) is 1. The van der Waals surface area contributed by atoms with Crippen molar-refractivity contribution in [2.75, 3.05) is 34.2 Å². The van der Waals surface area contributed by atoms with Crippen molar-refractivity contribution < 1.29 is 39.2 Å². The average Bonchev–Trinajstić information content (AvgIpc) is 3.98. The van der Waals surface area contributed by atoms with E-state index in [0.29, 0.717) is 82.3 Å². The number of benzene rings is 3. The molecule has 2 aliphatic rings. The number of aromatic hydroxyl groups is 2. The van der Waals surface area contributed by atoms with Crippen LogP contribution in [-0.4, -0.2) is 107 Å². The van der Waals surface area contributed by atoms with Crippen LogP contribution in [0, 0.1) is 0 Å². The number of hydrogen-bond donors (Lipinski definition) is 4. The number of carbonyl (C=O) groups is 3. The van der Waals surface area contributed by atoms with Gasteiger partial charge >= 0.3 is 11.7 Å². The summed E-state index contributed by atoms with van der Waals surface area (Å²) >= 11 is 0. The van der Waals surface area contributed by atoms with Crippen molar-refractivity contribution in [2.45, 2.75) is 65.2 Å². The number of rotatable bonds is 11. The zero-order valence-corrected chi connectivity index (χ0v) is 38.5. The number of likely N-dealkylation sites (N-methyl/N-ethyl adjacent to an activating group) is 2. The number of pyridine rings is 2. The van der Waals surface area contributed by atoms with Crippen LogP contribution >= 0.6 is 0 Å². The molecule has 0 saturated heterocycles. The topological polar surface area (TPSA) is 227 Å². The summed E-state index contributed by atoms with van der Waals surface area (Å²) in [6, 6.07) is 17.1. The van der Waals surface area contributed by atoms with E-state index in [1.807, 2.05) is 69.6 Å². The van der Waals surface area contributed by atoms with Crippen LogP contribution in [0.4, 0.5) is 0 Å². The summed E-state index contributed by atoms with van der Waals surface area (Å²) < 4.78 is 14.9. The Balaban J connectivity index is 0.000000183. The molecule has 18 heteroatoms. The van der Waals surface area contributed by atoms with Crippen LogP contribution in [0.2, 0.25) is 0 Å². The molecule has 9 rings (SSSR count). The first-order chi connectivity index (χ1) is 31.9. The summed E-state index contributed by atoms with van der Waals surface area (Å²) in [4.78, 5) is 70.7. The van der Waals surface area contributed by atoms with Crippen LogP contribution in [0.5, 0.6) is 17.2 Å².